The lowest BCUT2D eigenvalue weighted by Crippen LogP contribution is -2.02. The van der Waals surface area contributed by atoms with E-state index in [1.165, 1.54) is 30.9 Å². The van der Waals surface area contributed by atoms with E-state index in [4.69, 9.17) is 15.0 Å². The van der Waals surface area contributed by atoms with Gasteiger partial charge >= 0.3 is 0 Å². The average molecular weight is 734 g/mol. The van der Waals surface area contributed by atoms with Crippen LogP contribution in [0.15, 0.2) is 188 Å². The van der Waals surface area contributed by atoms with Crippen molar-refractivity contribution in [1.29, 1.82) is 0 Å². The maximum Gasteiger partial charge on any atom is 0.164 e. The van der Waals surface area contributed by atoms with Gasteiger partial charge in [-0.2, -0.15) is 0 Å². The maximum absolute atomic E-state index is 5.24. The molecule has 6 heteroatoms. The minimum atomic E-state index is 0.606. The highest BCUT2D eigenvalue weighted by Crippen LogP contribution is 2.41. The monoisotopic (exact) mass is 733 g/mol. The molecule has 11 aromatic rings. The molecule has 0 atom stereocenters. The molecule has 4 aromatic heterocycles. The molecule has 0 saturated carbocycles. The van der Waals surface area contributed by atoms with Crippen LogP contribution < -0.4 is 0 Å². The second-order valence-electron chi connectivity index (χ2n) is 13.9. The zero-order valence-electron chi connectivity index (χ0n) is 30.0. The van der Waals surface area contributed by atoms with Crippen molar-refractivity contribution in [2.45, 2.75) is 0 Å². The van der Waals surface area contributed by atoms with Gasteiger partial charge in [0, 0.05) is 71.2 Å². The smallest absolute Gasteiger partial charge is 0.164 e. The van der Waals surface area contributed by atoms with Crippen LogP contribution >= 0.6 is 11.3 Å². The molecular weight excluding hydrogens is 703 g/mol. The molecular formula is C50H31N5S. The number of benzene rings is 7. The van der Waals surface area contributed by atoms with E-state index in [2.05, 4.69) is 167 Å². The van der Waals surface area contributed by atoms with Crippen LogP contribution in [-0.2, 0) is 0 Å². The fourth-order valence-corrected chi connectivity index (χ4v) is 9.13. The first-order chi connectivity index (χ1) is 27.8. The largest absolute Gasteiger partial charge is 0.309 e. The molecule has 11 rings (SSSR count). The Labute approximate surface area is 326 Å². The Kier molecular flexibility index (Phi) is 7.60. The van der Waals surface area contributed by atoms with Crippen molar-refractivity contribution in [3.8, 4) is 62.1 Å². The normalized spacial score (nSPS) is 11.6. The summed E-state index contributed by atoms with van der Waals surface area (Å²) in [5.41, 5.74) is 10.5. The summed E-state index contributed by atoms with van der Waals surface area (Å²) in [7, 11) is 0. The van der Waals surface area contributed by atoms with E-state index in [1.807, 2.05) is 30.6 Å². The molecule has 0 saturated heterocycles. The standard InChI is InChI=1S/C50H31N5S/c1-3-14-32(15-4-1)37-27-26-36(29-45(37)55-43-23-10-7-20-38(43)39-21-8-11-24-44(39)55)50-53-48(33-16-5-2-6-17-33)52-49(54-50)35-19-13-18-34(28-35)41-30-51-31-42-40-22-9-12-25-46(40)56-47(41)42/h1-31H. The lowest BCUT2D eigenvalue weighted by Gasteiger charge is -2.16. The van der Waals surface area contributed by atoms with Crippen LogP contribution in [0.25, 0.3) is 104 Å². The van der Waals surface area contributed by atoms with Crippen molar-refractivity contribution in [2.24, 2.45) is 0 Å². The Morgan fingerprint density at radius 3 is 1.64 bits per heavy atom. The van der Waals surface area contributed by atoms with Gasteiger partial charge in [-0.1, -0.05) is 146 Å². The summed E-state index contributed by atoms with van der Waals surface area (Å²) >= 11 is 1.80. The topological polar surface area (TPSA) is 56.5 Å². The van der Waals surface area contributed by atoms with E-state index >= 15 is 0 Å². The summed E-state index contributed by atoms with van der Waals surface area (Å²) in [6.07, 6.45) is 3.94. The number of fused-ring (bicyclic) bond motifs is 6. The average Bonchev–Trinajstić information content (AvgIpc) is 3.83. The summed E-state index contributed by atoms with van der Waals surface area (Å²) in [4.78, 5) is 20.2. The van der Waals surface area contributed by atoms with Crippen molar-refractivity contribution in [3.05, 3.63) is 188 Å². The molecule has 0 radical (unpaired) electrons. The molecule has 0 aliphatic carbocycles. The van der Waals surface area contributed by atoms with Crippen molar-refractivity contribution >= 4 is 53.3 Å². The SMILES string of the molecule is c1ccc(-c2nc(-c3cccc(-c4cncc5c4sc4ccccc45)c3)nc(-c3ccc(-c4ccccc4)c(-n4c5ccccc5c5ccccc54)c3)n2)cc1. The highest BCUT2D eigenvalue weighted by atomic mass is 32.1. The van der Waals surface area contributed by atoms with Crippen LogP contribution in [0, 0.1) is 0 Å². The molecule has 4 heterocycles. The maximum atomic E-state index is 5.24. The Bertz CT molecular complexity index is 3200. The molecule has 0 N–H and O–H groups in total. The number of hydrogen-bond donors (Lipinski definition) is 0. The third kappa shape index (κ3) is 5.38. The molecule has 5 nitrogen and oxygen atoms in total. The number of rotatable bonds is 6. The molecule has 0 aliphatic rings. The number of para-hydroxylation sites is 2. The van der Waals surface area contributed by atoms with Gasteiger partial charge in [0.2, 0.25) is 0 Å². The molecule has 0 bridgehead atoms. The zero-order valence-corrected chi connectivity index (χ0v) is 30.9. The second kappa shape index (κ2) is 13.2. The van der Waals surface area contributed by atoms with Gasteiger partial charge < -0.3 is 4.57 Å². The van der Waals surface area contributed by atoms with Crippen LogP contribution in [0.4, 0.5) is 0 Å². The number of aromatic nitrogens is 5. The van der Waals surface area contributed by atoms with E-state index in [1.54, 1.807) is 11.3 Å². The summed E-state index contributed by atoms with van der Waals surface area (Å²) in [5, 5.41) is 4.82. The van der Waals surface area contributed by atoms with Crippen LogP contribution in [-0.4, -0.2) is 24.5 Å². The fourth-order valence-electron chi connectivity index (χ4n) is 7.92. The minimum absolute atomic E-state index is 0.606. The Hall–Kier alpha value is -7.28. The molecule has 262 valence electrons. The fraction of sp³-hybridized carbons (Fsp3) is 0. The van der Waals surface area contributed by atoms with Crippen molar-refractivity contribution in [2.75, 3.05) is 0 Å². The van der Waals surface area contributed by atoms with Crippen molar-refractivity contribution in [3.63, 3.8) is 0 Å². The first-order valence-electron chi connectivity index (χ1n) is 18.6. The molecule has 56 heavy (non-hydrogen) atoms. The Balaban J connectivity index is 1.12. The van der Waals surface area contributed by atoms with Crippen LogP contribution in [0.1, 0.15) is 0 Å². The Morgan fingerprint density at radius 2 is 0.929 bits per heavy atom. The first kappa shape index (κ1) is 32.2. The van der Waals surface area contributed by atoms with Crippen molar-refractivity contribution in [1.82, 2.24) is 24.5 Å². The van der Waals surface area contributed by atoms with Gasteiger partial charge in [-0.25, -0.2) is 15.0 Å². The van der Waals surface area contributed by atoms with E-state index in [-0.39, 0.29) is 0 Å². The summed E-state index contributed by atoms with van der Waals surface area (Å²) in [6.45, 7) is 0. The molecule has 7 aromatic carbocycles. The molecule has 0 aliphatic heterocycles. The third-order valence-electron chi connectivity index (χ3n) is 10.5. The van der Waals surface area contributed by atoms with Gasteiger partial charge in [-0.15, -0.1) is 11.3 Å². The molecule has 0 amide bonds. The van der Waals surface area contributed by atoms with Gasteiger partial charge in [0.05, 0.1) is 16.7 Å². The summed E-state index contributed by atoms with van der Waals surface area (Å²) in [6, 6.07) is 61.6. The van der Waals surface area contributed by atoms with Crippen LogP contribution in [0.3, 0.4) is 0 Å². The van der Waals surface area contributed by atoms with Crippen LogP contribution in [0.2, 0.25) is 0 Å². The number of thiophene rings is 1. The van der Waals surface area contributed by atoms with Gasteiger partial charge in [0.15, 0.2) is 17.5 Å². The van der Waals surface area contributed by atoms with Crippen LogP contribution in [0.5, 0.6) is 0 Å². The second-order valence-corrected chi connectivity index (χ2v) is 14.9. The zero-order chi connectivity index (χ0) is 37.0. The third-order valence-corrected chi connectivity index (χ3v) is 11.8. The van der Waals surface area contributed by atoms with Crippen molar-refractivity contribution < 1.29 is 0 Å². The number of hydrogen-bond acceptors (Lipinski definition) is 5. The van der Waals surface area contributed by atoms with Gasteiger partial charge in [-0.3, -0.25) is 4.98 Å². The first-order valence-corrected chi connectivity index (χ1v) is 19.4. The minimum Gasteiger partial charge on any atom is -0.309 e. The van der Waals surface area contributed by atoms with Gasteiger partial charge in [0.25, 0.3) is 0 Å². The summed E-state index contributed by atoms with van der Waals surface area (Å²) in [5.74, 6) is 1.83. The molecule has 0 unspecified atom stereocenters. The Morgan fingerprint density at radius 1 is 0.375 bits per heavy atom. The number of pyridine rings is 1. The quantitative estimate of drug-likeness (QED) is 0.171. The van der Waals surface area contributed by atoms with E-state index in [0.717, 1.165) is 55.7 Å². The predicted octanol–water partition coefficient (Wildman–Crippen LogP) is 13.1. The van der Waals surface area contributed by atoms with E-state index in [0.29, 0.717) is 17.5 Å². The highest BCUT2D eigenvalue weighted by Gasteiger charge is 2.19. The van der Waals surface area contributed by atoms with E-state index < -0.39 is 0 Å². The summed E-state index contributed by atoms with van der Waals surface area (Å²) < 4.78 is 4.85. The highest BCUT2D eigenvalue weighted by molar-refractivity contribution is 7.26. The van der Waals surface area contributed by atoms with Gasteiger partial charge in [-0.05, 0) is 41.5 Å². The van der Waals surface area contributed by atoms with Gasteiger partial charge in [0.1, 0.15) is 0 Å². The lowest BCUT2D eigenvalue weighted by atomic mass is 10.0. The number of nitrogens with zero attached hydrogens (tertiary/aromatic N) is 5. The molecule has 0 spiro atoms. The van der Waals surface area contributed by atoms with E-state index in [9.17, 15) is 0 Å². The predicted molar refractivity (Wildman–Crippen MR) is 232 cm³/mol. The lowest BCUT2D eigenvalue weighted by molar-refractivity contribution is 1.07. The molecule has 0 fully saturated rings.